The summed E-state index contributed by atoms with van der Waals surface area (Å²) in [5, 5.41) is 11.5. The maximum atomic E-state index is 12.0. The molecule has 0 fully saturated rings. The summed E-state index contributed by atoms with van der Waals surface area (Å²) < 4.78 is 7.01. The number of esters is 1. The first-order valence-corrected chi connectivity index (χ1v) is 10.4. The minimum absolute atomic E-state index is 0.0521. The van der Waals surface area contributed by atoms with Gasteiger partial charge in [-0.3, -0.25) is 9.59 Å². The molecule has 0 N–H and O–H groups in total. The lowest BCUT2D eigenvalue weighted by Crippen LogP contribution is -2.15. The van der Waals surface area contributed by atoms with Crippen LogP contribution in [0.25, 0.3) is 10.7 Å². The second-order valence-corrected chi connectivity index (χ2v) is 7.73. The molecule has 0 saturated heterocycles. The van der Waals surface area contributed by atoms with E-state index in [2.05, 4.69) is 10.2 Å². The molecule has 0 unspecified atom stereocenters. The van der Waals surface area contributed by atoms with E-state index in [-0.39, 0.29) is 18.1 Å². The van der Waals surface area contributed by atoms with Crippen molar-refractivity contribution in [3.63, 3.8) is 0 Å². The fourth-order valence-electron chi connectivity index (χ4n) is 2.30. The number of Topliss-reactive ketones (excluding diaryl/α,β-unsaturated/α-hetero) is 1. The number of thioether (sulfide) groups is 1. The molecule has 0 atom stereocenters. The number of hydrogen-bond donors (Lipinski definition) is 0. The number of benzene rings is 1. The second-order valence-electron chi connectivity index (χ2n) is 5.41. The monoisotopic (exact) mass is 421 g/mol. The summed E-state index contributed by atoms with van der Waals surface area (Å²) in [6.07, 6.45) is 0. The molecule has 6 nitrogen and oxygen atoms in total. The normalized spacial score (nSPS) is 10.7. The Morgan fingerprint density at radius 3 is 2.67 bits per heavy atom. The fourth-order valence-corrected chi connectivity index (χ4v) is 3.94. The molecule has 0 radical (unpaired) electrons. The van der Waals surface area contributed by atoms with Crippen molar-refractivity contribution in [2.24, 2.45) is 0 Å². The second kappa shape index (κ2) is 9.16. The average Bonchev–Trinajstić information content (AvgIpc) is 3.33. The zero-order valence-electron chi connectivity index (χ0n) is 14.4. The highest BCUT2D eigenvalue weighted by molar-refractivity contribution is 7.99. The molecule has 0 aliphatic rings. The molecular formula is C18H16ClN3O3S2. The molecule has 27 heavy (non-hydrogen) atoms. The Morgan fingerprint density at radius 2 is 2.00 bits per heavy atom. The SMILES string of the molecule is CCn1c(SCC(=O)OCC(=O)c2ccc(Cl)cc2)nnc1-c1cccs1. The van der Waals surface area contributed by atoms with Crippen LogP contribution in [0.3, 0.4) is 0 Å². The molecule has 1 aromatic carbocycles. The number of ether oxygens (including phenoxy) is 1. The van der Waals surface area contributed by atoms with Crippen molar-refractivity contribution in [1.82, 2.24) is 14.8 Å². The maximum absolute atomic E-state index is 12.0. The first-order chi connectivity index (χ1) is 13.1. The van der Waals surface area contributed by atoms with Crippen LogP contribution in [0.5, 0.6) is 0 Å². The van der Waals surface area contributed by atoms with Crippen LogP contribution in [0.4, 0.5) is 0 Å². The third-order valence-electron chi connectivity index (χ3n) is 3.62. The van der Waals surface area contributed by atoms with Crippen LogP contribution < -0.4 is 0 Å². The van der Waals surface area contributed by atoms with Gasteiger partial charge in [-0.15, -0.1) is 21.5 Å². The molecular weight excluding hydrogens is 406 g/mol. The van der Waals surface area contributed by atoms with Crippen LogP contribution in [-0.2, 0) is 16.1 Å². The van der Waals surface area contributed by atoms with Crippen LogP contribution >= 0.6 is 34.7 Å². The first kappa shape index (κ1) is 19.6. The molecule has 9 heteroatoms. The Bertz CT molecular complexity index is 924. The van der Waals surface area contributed by atoms with E-state index in [4.69, 9.17) is 16.3 Å². The van der Waals surface area contributed by atoms with Crippen LogP contribution in [0.1, 0.15) is 17.3 Å². The summed E-state index contributed by atoms with van der Waals surface area (Å²) in [6, 6.07) is 10.4. The predicted octanol–water partition coefficient (Wildman–Crippen LogP) is 4.20. The Morgan fingerprint density at radius 1 is 1.22 bits per heavy atom. The zero-order chi connectivity index (χ0) is 19.2. The van der Waals surface area contributed by atoms with E-state index in [0.29, 0.717) is 22.3 Å². The number of carbonyl (C=O) groups excluding carboxylic acids is 2. The zero-order valence-corrected chi connectivity index (χ0v) is 16.8. The topological polar surface area (TPSA) is 74.1 Å². The van der Waals surface area contributed by atoms with Gasteiger partial charge in [0.25, 0.3) is 0 Å². The molecule has 0 amide bonds. The minimum Gasteiger partial charge on any atom is -0.457 e. The molecule has 140 valence electrons. The molecule has 0 saturated carbocycles. The van der Waals surface area contributed by atoms with E-state index in [1.54, 1.807) is 35.6 Å². The number of thiophene rings is 1. The third kappa shape index (κ3) is 4.97. The van der Waals surface area contributed by atoms with E-state index >= 15 is 0 Å². The van der Waals surface area contributed by atoms with Gasteiger partial charge in [-0.1, -0.05) is 29.4 Å². The van der Waals surface area contributed by atoms with Crippen molar-refractivity contribution in [3.05, 3.63) is 52.4 Å². The van der Waals surface area contributed by atoms with Gasteiger partial charge < -0.3 is 9.30 Å². The molecule has 3 rings (SSSR count). The van der Waals surface area contributed by atoms with Crippen molar-refractivity contribution in [2.75, 3.05) is 12.4 Å². The molecule has 2 heterocycles. The van der Waals surface area contributed by atoms with Gasteiger partial charge in [0, 0.05) is 17.1 Å². The van der Waals surface area contributed by atoms with E-state index in [1.807, 2.05) is 29.0 Å². The Labute approximate surface area is 169 Å². The number of carbonyl (C=O) groups is 2. The summed E-state index contributed by atoms with van der Waals surface area (Å²) in [6.45, 7) is 2.38. The van der Waals surface area contributed by atoms with Gasteiger partial charge >= 0.3 is 5.97 Å². The van der Waals surface area contributed by atoms with Gasteiger partial charge in [0.2, 0.25) is 0 Å². The number of hydrogen-bond acceptors (Lipinski definition) is 7. The average molecular weight is 422 g/mol. The molecule has 0 aliphatic carbocycles. The van der Waals surface area contributed by atoms with E-state index < -0.39 is 5.97 Å². The van der Waals surface area contributed by atoms with Crippen molar-refractivity contribution in [1.29, 1.82) is 0 Å². The molecule has 0 aliphatic heterocycles. The summed E-state index contributed by atoms with van der Waals surface area (Å²) in [5.41, 5.74) is 0.450. The van der Waals surface area contributed by atoms with Gasteiger partial charge in [-0.2, -0.15) is 0 Å². The number of rotatable bonds is 8. The fraction of sp³-hybridized carbons (Fsp3) is 0.222. The summed E-state index contributed by atoms with van der Waals surface area (Å²) in [5.74, 6) is 0.0740. The lowest BCUT2D eigenvalue weighted by atomic mass is 10.1. The Kier molecular flexibility index (Phi) is 6.65. The largest absolute Gasteiger partial charge is 0.457 e. The van der Waals surface area contributed by atoms with E-state index in [1.165, 1.54) is 11.8 Å². The van der Waals surface area contributed by atoms with Crippen LogP contribution in [0, 0.1) is 0 Å². The van der Waals surface area contributed by atoms with Gasteiger partial charge in [0.1, 0.15) is 0 Å². The summed E-state index contributed by atoms with van der Waals surface area (Å²) in [7, 11) is 0. The van der Waals surface area contributed by atoms with E-state index in [9.17, 15) is 9.59 Å². The lowest BCUT2D eigenvalue weighted by Gasteiger charge is -2.06. The number of ketones is 1. The summed E-state index contributed by atoms with van der Waals surface area (Å²) >= 11 is 8.61. The third-order valence-corrected chi connectivity index (χ3v) is 5.68. The lowest BCUT2D eigenvalue weighted by molar-refractivity contribution is -0.139. The molecule has 2 aromatic heterocycles. The molecule has 3 aromatic rings. The van der Waals surface area contributed by atoms with Gasteiger partial charge in [0.05, 0.1) is 10.6 Å². The smallest absolute Gasteiger partial charge is 0.316 e. The maximum Gasteiger partial charge on any atom is 0.316 e. The highest BCUT2D eigenvalue weighted by Crippen LogP contribution is 2.27. The Balaban J connectivity index is 1.53. The number of aromatic nitrogens is 3. The van der Waals surface area contributed by atoms with Gasteiger partial charge in [-0.05, 0) is 42.6 Å². The van der Waals surface area contributed by atoms with Gasteiger partial charge in [-0.25, -0.2) is 0 Å². The van der Waals surface area contributed by atoms with Crippen LogP contribution in [0.2, 0.25) is 5.02 Å². The van der Waals surface area contributed by atoms with Gasteiger partial charge in [0.15, 0.2) is 23.4 Å². The highest BCUT2D eigenvalue weighted by atomic mass is 35.5. The predicted molar refractivity (Wildman–Crippen MR) is 106 cm³/mol. The first-order valence-electron chi connectivity index (χ1n) is 8.12. The molecule has 0 spiro atoms. The standard InChI is InChI=1S/C18H16ClN3O3S2/c1-2-22-17(15-4-3-9-26-15)20-21-18(22)27-11-16(24)25-10-14(23)12-5-7-13(19)8-6-12/h3-9H,2,10-11H2,1H3. The summed E-state index contributed by atoms with van der Waals surface area (Å²) in [4.78, 5) is 25.0. The van der Waals surface area contributed by atoms with Crippen LogP contribution in [0.15, 0.2) is 46.9 Å². The van der Waals surface area contributed by atoms with Crippen LogP contribution in [-0.4, -0.2) is 38.9 Å². The minimum atomic E-state index is -0.481. The van der Waals surface area contributed by atoms with Crippen molar-refractivity contribution >= 4 is 46.5 Å². The van der Waals surface area contributed by atoms with Crippen molar-refractivity contribution < 1.29 is 14.3 Å². The Hall–Kier alpha value is -2.16. The van der Waals surface area contributed by atoms with E-state index in [0.717, 1.165) is 10.7 Å². The van der Waals surface area contributed by atoms with Crippen molar-refractivity contribution in [3.8, 4) is 10.7 Å². The number of halogens is 1. The van der Waals surface area contributed by atoms with Crippen molar-refractivity contribution in [2.45, 2.75) is 18.6 Å². The number of nitrogens with zero attached hydrogens (tertiary/aromatic N) is 3. The molecule has 0 bridgehead atoms. The quantitative estimate of drug-likeness (QED) is 0.308. The highest BCUT2D eigenvalue weighted by Gasteiger charge is 2.16.